The third-order valence-electron chi connectivity index (χ3n) is 3.23. The molecule has 90 valence electrons. The lowest BCUT2D eigenvalue weighted by Crippen LogP contribution is -2.15. The molecule has 0 radical (unpaired) electrons. The van der Waals surface area contributed by atoms with Gasteiger partial charge in [-0.3, -0.25) is 0 Å². The van der Waals surface area contributed by atoms with E-state index in [4.69, 9.17) is 0 Å². The smallest absolute Gasteiger partial charge is 0.0239 e. The van der Waals surface area contributed by atoms with Gasteiger partial charge in [-0.15, -0.1) is 0 Å². The van der Waals surface area contributed by atoms with E-state index in [1.165, 1.54) is 26.7 Å². The van der Waals surface area contributed by atoms with Crippen LogP contribution >= 0.6 is 15.9 Å². The Balaban J connectivity index is 3.54. The van der Waals surface area contributed by atoms with E-state index in [9.17, 15) is 0 Å². The van der Waals surface area contributed by atoms with E-state index >= 15 is 0 Å². The summed E-state index contributed by atoms with van der Waals surface area (Å²) in [5.41, 5.74) is 5.90. The fourth-order valence-electron chi connectivity index (χ4n) is 2.28. The Bertz CT molecular complexity index is 395. The average molecular weight is 283 g/mol. The van der Waals surface area contributed by atoms with E-state index in [0.717, 1.165) is 0 Å². The van der Waals surface area contributed by atoms with Crippen LogP contribution in [-0.4, -0.2) is 0 Å². The van der Waals surface area contributed by atoms with E-state index in [-0.39, 0.29) is 5.41 Å². The maximum atomic E-state index is 3.74. The maximum absolute atomic E-state index is 3.74. The molecule has 0 N–H and O–H groups in total. The van der Waals surface area contributed by atoms with Crippen molar-refractivity contribution >= 4 is 15.9 Å². The van der Waals surface area contributed by atoms with Crippen molar-refractivity contribution in [2.45, 2.75) is 59.8 Å². The summed E-state index contributed by atoms with van der Waals surface area (Å²) in [6.45, 7) is 15.8. The highest BCUT2D eigenvalue weighted by molar-refractivity contribution is 9.10. The van der Waals surface area contributed by atoms with Crippen LogP contribution in [0.2, 0.25) is 0 Å². The van der Waals surface area contributed by atoms with Crippen molar-refractivity contribution in [3.63, 3.8) is 0 Å². The Hall–Kier alpha value is -0.300. The first-order chi connectivity index (χ1) is 7.16. The quantitative estimate of drug-likeness (QED) is 0.639. The van der Waals surface area contributed by atoms with Crippen molar-refractivity contribution in [2.75, 3.05) is 0 Å². The minimum atomic E-state index is 0.212. The van der Waals surface area contributed by atoms with E-state index in [1.807, 2.05) is 0 Å². The van der Waals surface area contributed by atoms with E-state index in [0.29, 0.717) is 5.92 Å². The zero-order valence-electron chi connectivity index (χ0n) is 11.5. The van der Waals surface area contributed by atoms with Crippen molar-refractivity contribution < 1.29 is 0 Å². The predicted octanol–water partition coefficient (Wildman–Crippen LogP) is 5.49. The van der Waals surface area contributed by atoms with Gasteiger partial charge in [-0.05, 0) is 47.4 Å². The minimum absolute atomic E-state index is 0.212. The molecule has 0 aliphatic heterocycles. The van der Waals surface area contributed by atoms with Crippen molar-refractivity contribution in [3.8, 4) is 0 Å². The molecular formula is C15H23Br. The van der Waals surface area contributed by atoms with Crippen molar-refractivity contribution in [1.82, 2.24) is 0 Å². The maximum Gasteiger partial charge on any atom is 0.0239 e. The summed E-state index contributed by atoms with van der Waals surface area (Å²) in [5.74, 6) is 0.581. The van der Waals surface area contributed by atoms with Gasteiger partial charge in [0.25, 0.3) is 0 Å². The second kappa shape index (κ2) is 4.52. The summed E-state index contributed by atoms with van der Waals surface area (Å²) in [4.78, 5) is 0. The van der Waals surface area contributed by atoms with Gasteiger partial charge < -0.3 is 0 Å². The lowest BCUT2D eigenvalue weighted by molar-refractivity contribution is 0.583. The van der Waals surface area contributed by atoms with Crippen LogP contribution in [0.5, 0.6) is 0 Å². The van der Waals surface area contributed by atoms with Crippen LogP contribution < -0.4 is 0 Å². The number of halogens is 1. The molecule has 0 saturated heterocycles. The first kappa shape index (κ1) is 13.8. The molecule has 0 saturated carbocycles. The van der Waals surface area contributed by atoms with Crippen LogP contribution in [0.25, 0.3) is 0 Å². The molecule has 0 spiro atoms. The first-order valence-electron chi connectivity index (χ1n) is 5.96. The largest absolute Gasteiger partial charge is 0.0587 e. The van der Waals surface area contributed by atoms with Gasteiger partial charge in [0.05, 0.1) is 0 Å². The summed E-state index contributed by atoms with van der Waals surface area (Å²) >= 11 is 3.74. The fourth-order valence-corrected chi connectivity index (χ4v) is 2.72. The second-order valence-electron chi connectivity index (χ2n) is 5.98. The van der Waals surface area contributed by atoms with Gasteiger partial charge in [-0.25, -0.2) is 0 Å². The van der Waals surface area contributed by atoms with Gasteiger partial charge in [-0.1, -0.05) is 56.6 Å². The lowest BCUT2D eigenvalue weighted by Gasteiger charge is -2.26. The highest BCUT2D eigenvalue weighted by Crippen LogP contribution is 2.36. The van der Waals surface area contributed by atoms with Crippen molar-refractivity contribution in [3.05, 3.63) is 32.8 Å². The number of benzene rings is 1. The van der Waals surface area contributed by atoms with E-state index in [1.54, 1.807) is 0 Å². The van der Waals surface area contributed by atoms with Crippen LogP contribution in [0.1, 0.15) is 62.8 Å². The molecule has 1 rings (SSSR count). The van der Waals surface area contributed by atoms with Gasteiger partial charge in [0, 0.05) is 4.47 Å². The van der Waals surface area contributed by atoms with Crippen molar-refractivity contribution in [1.29, 1.82) is 0 Å². The van der Waals surface area contributed by atoms with Crippen LogP contribution in [0.4, 0.5) is 0 Å². The predicted molar refractivity (Wildman–Crippen MR) is 76.4 cm³/mol. The van der Waals surface area contributed by atoms with Gasteiger partial charge >= 0.3 is 0 Å². The first-order valence-corrected chi connectivity index (χ1v) is 6.75. The molecule has 0 bridgehead atoms. The van der Waals surface area contributed by atoms with Gasteiger partial charge in [0.15, 0.2) is 0 Å². The van der Waals surface area contributed by atoms with E-state index in [2.05, 4.69) is 70.5 Å². The third kappa shape index (κ3) is 2.51. The standard InChI is InChI=1S/C15H23Br/c1-9(2)12-8-13(15(5,6)7)11(4)14(16)10(12)3/h8-9H,1-7H3. The topological polar surface area (TPSA) is 0 Å². The van der Waals surface area contributed by atoms with Crippen molar-refractivity contribution in [2.24, 2.45) is 0 Å². The summed E-state index contributed by atoms with van der Waals surface area (Å²) in [5, 5.41) is 0. The Morgan fingerprint density at radius 2 is 1.56 bits per heavy atom. The lowest BCUT2D eigenvalue weighted by atomic mass is 9.80. The normalized spacial score (nSPS) is 12.3. The van der Waals surface area contributed by atoms with E-state index < -0.39 is 0 Å². The van der Waals surface area contributed by atoms with Gasteiger partial charge in [0.1, 0.15) is 0 Å². The zero-order chi connectivity index (χ0) is 12.7. The Labute approximate surface area is 109 Å². The number of hydrogen-bond donors (Lipinski definition) is 0. The summed E-state index contributed by atoms with van der Waals surface area (Å²) in [7, 11) is 0. The molecule has 0 aliphatic rings. The third-order valence-corrected chi connectivity index (χ3v) is 4.41. The van der Waals surface area contributed by atoms with Crippen LogP contribution in [0.15, 0.2) is 10.5 Å². The molecule has 1 heteroatoms. The SMILES string of the molecule is Cc1c(C(C)C)cc(C(C)(C)C)c(C)c1Br. The zero-order valence-corrected chi connectivity index (χ0v) is 13.1. The summed E-state index contributed by atoms with van der Waals surface area (Å²) < 4.78 is 1.28. The second-order valence-corrected chi connectivity index (χ2v) is 6.78. The highest BCUT2D eigenvalue weighted by atomic mass is 79.9. The monoisotopic (exact) mass is 282 g/mol. The van der Waals surface area contributed by atoms with Gasteiger partial charge in [0.2, 0.25) is 0 Å². The van der Waals surface area contributed by atoms with Crippen LogP contribution in [-0.2, 0) is 5.41 Å². The molecule has 0 aromatic heterocycles. The number of hydrogen-bond acceptors (Lipinski definition) is 0. The van der Waals surface area contributed by atoms with Crippen LogP contribution in [0, 0.1) is 13.8 Å². The average Bonchev–Trinajstić information content (AvgIpc) is 2.11. The molecule has 0 fully saturated rings. The molecule has 0 nitrogen and oxygen atoms in total. The van der Waals surface area contributed by atoms with Crippen LogP contribution in [0.3, 0.4) is 0 Å². The molecule has 0 amide bonds. The molecule has 0 atom stereocenters. The summed E-state index contributed by atoms with van der Waals surface area (Å²) in [6.07, 6.45) is 0. The molecule has 1 aromatic rings. The number of rotatable bonds is 1. The Kier molecular flexibility index (Phi) is 3.89. The molecule has 0 heterocycles. The molecule has 16 heavy (non-hydrogen) atoms. The minimum Gasteiger partial charge on any atom is -0.0587 e. The molecule has 0 aliphatic carbocycles. The Morgan fingerprint density at radius 1 is 1.06 bits per heavy atom. The fraction of sp³-hybridized carbons (Fsp3) is 0.600. The summed E-state index contributed by atoms with van der Waals surface area (Å²) in [6, 6.07) is 2.39. The molecule has 0 unspecified atom stereocenters. The molecule has 1 aromatic carbocycles. The highest BCUT2D eigenvalue weighted by Gasteiger charge is 2.21. The van der Waals surface area contributed by atoms with Gasteiger partial charge in [-0.2, -0.15) is 0 Å². The molecular weight excluding hydrogens is 260 g/mol. The Morgan fingerprint density at radius 3 is 1.94 bits per heavy atom.